The van der Waals surface area contributed by atoms with Crippen molar-refractivity contribution < 1.29 is 28.6 Å². The number of rotatable bonds is 51. The van der Waals surface area contributed by atoms with E-state index >= 15 is 0 Å². The summed E-state index contributed by atoms with van der Waals surface area (Å²) in [7, 11) is 0. The molecule has 0 aromatic rings. The molecule has 0 aromatic carbocycles. The summed E-state index contributed by atoms with van der Waals surface area (Å²) in [6, 6.07) is 0. The minimum atomic E-state index is -0.793. The number of unbranched alkanes of at least 4 members (excludes halogenated alkanes) is 28. The number of esters is 3. The van der Waals surface area contributed by atoms with Gasteiger partial charge in [-0.25, -0.2) is 0 Å². The fourth-order valence-corrected chi connectivity index (χ4v) is 7.83. The fourth-order valence-electron chi connectivity index (χ4n) is 7.83. The minimum absolute atomic E-state index is 0.0899. The molecule has 0 bridgehead atoms. The number of carbonyl (C=O) groups is 3. The predicted octanol–water partition coefficient (Wildman–Crippen LogP) is 19.0. The summed E-state index contributed by atoms with van der Waals surface area (Å²) < 4.78 is 16.8. The number of allylic oxidation sites excluding steroid dienone is 12. The smallest absolute Gasteiger partial charge is 0.306 e. The average molecular weight is 936 g/mol. The van der Waals surface area contributed by atoms with Crippen molar-refractivity contribution in [1.29, 1.82) is 0 Å². The van der Waals surface area contributed by atoms with Crippen LogP contribution in [0.15, 0.2) is 72.9 Å². The molecule has 6 nitrogen and oxygen atoms in total. The van der Waals surface area contributed by atoms with Crippen LogP contribution in [0.5, 0.6) is 0 Å². The molecule has 0 heterocycles. The molecule has 0 unspecified atom stereocenters. The van der Waals surface area contributed by atoms with E-state index in [2.05, 4.69) is 93.7 Å². The van der Waals surface area contributed by atoms with Gasteiger partial charge < -0.3 is 14.2 Å². The van der Waals surface area contributed by atoms with E-state index in [1.807, 2.05) is 0 Å². The highest BCUT2D eigenvalue weighted by molar-refractivity contribution is 5.71. The Morgan fingerprint density at radius 1 is 0.299 bits per heavy atom. The third-order valence-corrected chi connectivity index (χ3v) is 12.2. The molecule has 0 aliphatic carbocycles. The lowest BCUT2D eigenvalue weighted by atomic mass is 10.1. The Hall–Kier alpha value is -3.15. The van der Waals surface area contributed by atoms with Crippen molar-refractivity contribution in [2.24, 2.45) is 0 Å². The zero-order valence-corrected chi connectivity index (χ0v) is 44.2. The highest BCUT2D eigenvalue weighted by atomic mass is 16.6. The van der Waals surface area contributed by atoms with E-state index in [1.54, 1.807) is 0 Å². The van der Waals surface area contributed by atoms with Gasteiger partial charge in [0.2, 0.25) is 0 Å². The van der Waals surface area contributed by atoms with E-state index in [0.29, 0.717) is 19.3 Å². The molecule has 0 amide bonds. The summed E-state index contributed by atoms with van der Waals surface area (Å²) in [5, 5.41) is 0. The zero-order valence-electron chi connectivity index (χ0n) is 44.2. The lowest BCUT2D eigenvalue weighted by Crippen LogP contribution is -2.30. The summed E-state index contributed by atoms with van der Waals surface area (Å²) in [6.45, 7) is 6.56. The van der Waals surface area contributed by atoms with Crippen LogP contribution in [0.2, 0.25) is 0 Å². The van der Waals surface area contributed by atoms with Crippen molar-refractivity contribution in [2.75, 3.05) is 13.2 Å². The SMILES string of the molecule is CCCCC/C=C\C/C=C\C/C=C\CCCCCCC(=O)OC[C@@H](COC(=O)CCCCCCC/C=C\CCCCCCCC)OC(=O)CCCCCCCCC/C=C\C/C=C\CCCCC. The molecule has 1 atom stereocenters. The van der Waals surface area contributed by atoms with Crippen molar-refractivity contribution in [3.63, 3.8) is 0 Å². The van der Waals surface area contributed by atoms with Crippen molar-refractivity contribution in [1.82, 2.24) is 0 Å². The Morgan fingerprint density at radius 3 is 0.881 bits per heavy atom. The molecule has 0 aliphatic heterocycles. The predicted molar refractivity (Wildman–Crippen MR) is 288 cm³/mol. The summed E-state index contributed by atoms with van der Waals surface area (Å²) >= 11 is 0. The summed E-state index contributed by atoms with van der Waals surface area (Å²) in [5.74, 6) is -0.921. The van der Waals surface area contributed by atoms with Crippen LogP contribution in [0, 0.1) is 0 Å². The first-order valence-corrected chi connectivity index (χ1v) is 28.4. The maximum absolute atomic E-state index is 12.8. The molecule has 386 valence electrons. The van der Waals surface area contributed by atoms with Crippen molar-refractivity contribution in [3.05, 3.63) is 72.9 Å². The van der Waals surface area contributed by atoms with Gasteiger partial charge in [-0.3, -0.25) is 14.4 Å². The molecule has 0 radical (unpaired) electrons. The van der Waals surface area contributed by atoms with E-state index < -0.39 is 6.10 Å². The molecule has 0 saturated heterocycles. The third kappa shape index (κ3) is 53.7. The van der Waals surface area contributed by atoms with Gasteiger partial charge in [0.25, 0.3) is 0 Å². The minimum Gasteiger partial charge on any atom is -0.462 e. The van der Waals surface area contributed by atoms with Crippen molar-refractivity contribution in [2.45, 2.75) is 284 Å². The fraction of sp³-hybridized carbons (Fsp3) is 0.754. The topological polar surface area (TPSA) is 78.9 Å². The molecular formula is C61H106O6. The normalized spacial score (nSPS) is 12.6. The molecule has 0 saturated carbocycles. The number of hydrogen-bond donors (Lipinski definition) is 0. The molecule has 0 aliphatic rings. The highest BCUT2D eigenvalue weighted by Crippen LogP contribution is 2.14. The van der Waals surface area contributed by atoms with E-state index in [-0.39, 0.29) is 31.1 Å². The van der Waals surface area contributed by atoms with Crippen LogP contribution in [0.25, 0.3) is 0 Å². The lowest BCUT2D eigenvalue weighted by Gasteiger charge is -2.18. The summed E-state index contributed by atoms with van der Waals surface area (Å²) in [6.07, 6.45) is 70.2. The van der Waals surface area contributed by atoms with Gasteiger partial charge in [0.15, 0.2) is 6.10 Å². The molecule has 0 aromatic heterocycles. The van der Waals surface area contributed by atoms with E-state index in [9.17, 15) is 14.4 Å². The quantitative estimate of drug-likeness (QED) is 0.0262. The van der Waals surface area contributed by atoms with Gasteiger partial charge >= 0.3 is 17.9 Å². The van der Waals surface area contributed by atoms with Crippen LogP contribution >= 0.6 is 0 Å². The molecule has 0 spiro atoms. The van der Waals surface area contributed by atoms with E-state index in [1.165, 1.54) is 135 Å². The zero-order chi connectivity index (χ0) is 48.6. The van der Waals surface area contributed by atoms with Gasteiger partial charge in [0.05, 0.1) is 0 Å². The molecule has 0 N–H and O–H groups in total. The van der Waals surface area contributed by atoms with Gasteiger partial charge in [-0.1, -0.05) is 216 Å². The number of ether oxygens (including phenoxy) is 3. The molecule has 0 fully saturated rings. The Labute approximate surface area is 414 Å². The number of hydrogen-bond acceptors (Lipinski definition) is 6. The van der Waals surface area contributed by atoms with Gasteiger partial charge in [-0.05, 0) is 116 Å². The summed E-state index contributed by atoms with van der Waals surface area (Å²) in [5.41, 5.74) is 0. The first kappa shape index (κ1) is 63.8. The van der Waals surface area contributed by atoms with Crippen LogP contribution in [0.4, 0.5) is 0 Å². The van der Waals surface area contributed by atoms with Gasteiger partial charge in [-0.2, -0.15) is 0 Å². The Bertz CT molecular complexity index is 1260. The first-order chi connectivity index (χ1) is 33.0. The summed E-state index contributed by atoms with van der Waals surface area (Å²) in [4.78, 5) is 38.1. The monoisotopic (exact) mass is 935 g/mol. The lowest BCUT2D eigenvalue weighted by molar-refractivity contribution is -0.167. The highest BCUT2D eigenvalue weighted by Gasteiger charge is 2.19. The average Bonchev–Trinajstić information content (AvgIpc) is 3.33. The first-order valence-electron chi connectivity index (χ1n) is 28.4. The van der Waals surface area contributed by atoms with Crippen LogP contribution in [-0.2, 0) is 28.6 Å². The Morgan fingerprint density at radius 2 is 0.537 bits per heavy atom. The number of carbonyl (C=O) groups excluding carboxylic acids is 3. The van der Waals surface area contributed by atoms with Crippen molar-refractivity contribution in [3.8, 4) is 0 Å². The van der Waals surface area contributed by atoms with Gasteiger partial charge in [0.1, 0.15) is 13.2 Å². The second-order valence-corrected chi connectivity index (χ2v) is 18.8. The van der Waals surface area contributed by atoms with Gasteiger partial charge in [-0.15, -0.1) is 0 Å². The van der Waals surface area contributed by atoms with Crippen LogP contribution in [0.1, 0.15) is 278 Å². The van der Waals surface area contributed by atoms with Gasteiger partial charge in [0, 0.05) is 19.3 Å². The van der Waals surface area contributed by atoms with Crippen LogP contribution < -0.4 is 0 Å². The molecule has 6 heteroatoms. The molecular weight excluding hydrogens is 829 g/mol. The Kier molecular flexibility index (Phi) is 52.8. The standard InChI is InChI=1S/C61H106O6/c1-4-7-10-13-16-19-22-25-28-30-33-36-39-42-45-48-51-54-60(63)66-57-58(56-65-59(62)53-50-47-44-41-38-35-32-27-24-21-18-15-12-9-6-3)67-61(64)55-52-49-46-43-40-37-34-31-29-26-23-20-17-14-11-8-5-2/h16-17,19-20,25-29,32-33,36,58H,4-15,18,21-24,30-31,34-35,37-57H2,1-3H3/b19-16-,20-17-,28-25-,29-26-,32-27-,36-33-/t58-/m1/s1. The largest absolute Gasteiger partial charge is 0.462 e. The van der Waals surface area contributed by atoms with Crippen molar-refractivity contribution >= 4 is 17.9 Å². The second-order valence-electron chi connectivity index (χ2n) is 18.8. The maximum Gasteiger partial charge on any atom is 0.306 e. The van der Waals surface area contributed by atoms with Crippen LogP contribution in [0.3, 0.4) is 0 Å². The second kappa shape index (κ2) is 55.4. The molecule has 67 heavy (non-hydrogen) atoms. The van der Waals surface area contributed by atoms with Crippen LogP contribution in [-0.4, -0.2) is 37.2 Å². The van der Waals surface area contributed by atoms with E-state index in [0.717, 1.165) is 103 Å². The Balaban J connectivity index is 4.45. The molecule has 0 rings (SSSR count). The maximum atomic E-state index is 12.8. The van der Waals surface area contributed by atoms with E-state index in [4.69, 9.17) is 14.2 Å². The third-order valence-electron chi connectivity index (χ3n) is 12.2.